The number of rotatable bonds is 4. The first-order valence-corrected chi connectivity index (χ1v) is 4.78. The quantitative estimate of drug-likeness (QED) is 0.458. The third-order valence-corrected chi connectivity index (χ3v) is 2.28. The van der Waals surface area contributed by atoms with Gasteiger partial charge in [-0.3, -0.25) is 4.79 Å². The Balaban J connectivity index is 2.80. The lowest BCUT2D eigenvalue weighted by Crippen LogP contribution is -2.37. The number of hydrazine groups is 1. The highest BCUT2D eigenvalue weighted by atomic mass is 16.3. The molecule has 7 heteroatoms. The molecule has 88 valence electrons. The molecular weight excluding hydrogens is 210 g/mol. The van der Waals surface area contributed by atoms with Crippen LogP contribution in [0.25, 0.3) is 0 Å². The number of nitrogens with zero attached hydrogens (tertiary/aromatic N) is 3. The summed E-state index contributed by atoms with van der Waals surface area (Å²) in [7, 11) is 1.60. The van der Waals surface area contributed by atoms with E-state index in [2.05, 4.69) is 15.6 Å². The minimum atomic E-state index is -0.294. The summed E-state index contributed by atoms with van der Waals surface area (Å²) in [6.07, 6.45) is 0. The fraction of sp³-hybridized carbons (Fsp3) is 0.444. The molecule has 0 aliphatic rings. The SMILES string of the molecule is CC(CO)N(C)C(=O)c1ccc(NN)nn1. The lowest BCUT2D eigenvalue weighted by Gasteiger charge is -2.22. The van der Waals surface area contributed by atoms with Crippen LogP contribution in [0.15, 0.2) is 12.1 Å². The van der Waals surface area contributed by atoms with E-state index in [4.69, 9.17) is 10.9 Å². The van der Waals surface area contributed by atoms with Gasteiger partial charge in [-0.1, -0.05) is 0 Å². The Labute approximate surface area is 93.2 Å². The number of carbonyl (C=O) groups is 1. The maximum Gasteiger partial charge on any atom is 0.274 e. The van der Waals surface area contributed by atoms with E-state index in [1.165, 1.54) is 11.0 Å². The summed E-state index contributed by atoms with van der Waals surface area (Å²) in [4.78, 5) is 13.2. The van der Waals surface area contributed by atoms with Crippen LogP contribution < -0.4 is 11.3 Å². The molecule has 0 radical (unpaired) electrons. The minimum absolute atomic E-state index is 0.0991. The second kappa shape index (κ2) is 5.38. The molecule has 0 aliphatic carbocycles. The summed E-state index contributed by atoms with van der Waals surface area (Å²) in [6.45, 7) is 1.64. The highest BCUT2D eigenvalue weighted by molar-refractivity contribution is 5.92. The van der Waals surface area contributed by atoms with Crippen molar-refractivity contribution in [3.63, 3.8) is 0 Å². The summed E-state index contributed by atoms with van der Waals surface area (Å²) < 4.78 is 0. The molecule has 0 fully saturated rings. The smallest absolute Gasteiger partial charge is 0.274 e. The van der Waals surface area contributed by atoms with Crippen molar-refractivity contribution in [3.05, 3.63) is 17.8 Å². The molecule has 0 aliphatic heterocycles. The van der Waals surface area contributed by atoms with Crippen LogP contribution in [-0.4, -0.2) is 45.8 Å². The van der Waals surface area contributed by atoms with Crippen molar-refractivity contribution in [2.24, 2.45) is 5.84 Å². The Bertz CT molecular complexity index is 353. The molecule has 1 rings (SSSR count). The van der Waals surface area contributed by atoms with E-state index in [1.807, 2.05) is 0 Å². The molecule has 1 amide bonds. The maximum atomic E-state index is 11.8. The van der Waals surface area contributed by atoms with Gasteiger partial charge in [-0.05, 0) is 19.1 Å². The predicted octanol–water partition coefficient (Wildman–Crippen LogP) is -0.785. The van der Waals surface area contributed by atoms with Crippen LogP contribution in [0.5, 0.6) is 0 Å². The van der Waals surface area contributed by atoms with Gasteiger partial charge in [0.1, 0.15) is 0 Å². The molecule has 0 saturated heterocycles. The van der Waals surface area contributed by atoms with E-state index in [0.717, 1.165) is 0 Å². The van der Waals surface area contributed by atoms with Crippen molar-refractivity contribution in [2.45, 2.75) is 13.0 Å². The van der Waals surface area contributed by atoms with Crippen LogP contribution in [0.2, 0.25) is 0 Å². The first kappa shape index (κ1) is 12.3. The number of aliphatic hydroxyl groups excluding tert-OH is 1. The number of carbonyl (C=O) groups excluding carboxylic acids is 1. The molecule has 0 aromatic carbocycles. The van der Waals surface area contributed by atoms with Crippen LogP contribution in [0.1, 0.15) is 17.4 Å². The zero-order valence-corrected chi connectivity index (χ0v) is 9.21. The third kappa shape index (κ3) is 2.65. The van der Waals surface area contributed by atoms with E-state index in [0.29, 0.717) is 5.82 Å². The number of nitrogens with one attached hydrogen (secondary N) is 1. The number of nitrogens with two attached hydrogens (primary N) is 1. The second-order valence-corrected chi connectivity index (χ2v) is 3.40. The lowest BCUT2D eigenvalue weighted by atomic mass is 10.2. The van der Waals surface area contributed by atoms with Crippen LogP contribution in [0, 0.1) is 0 Å². The molecule has 0 bridgehead atoms. The van der Waals surface area contributed by atoms with Crippen molar-refractivity contribution in [1.82, 2.24) is 15.1 Å². The Morgan fingerprint density at radius 2 is 2.31 bits per heavy atom. The molecule has 16 heavy (non-hydrogen) atoms. The van der Waals surface area contributed by atoms with Gasteiger partial charge in [0.2, 0.25) is 0 Å². The van der Waals surface area contributed by atoms with Crippen LogP contribution in [0.3, 0.4) is 0 Å². The first-order chi connectivity index (χ1) is 7.60. The van der Waals surface area contributed by atoms with Gasteiger partial charge in [-0.15, -0.1) is 10.2 Å². The summed E-state index contributed by atoms with van der Waals surface area (Å²) in [5, 5.41) is 16.3. The van der Waals surface area contributed by atoms with Crippen molar-refractivity contribution in [1.29, 1.82) is 0 Å². The second-order valence-electron chi connectivity index (χ2n) is 3.40. The van der Waals surface area contributed by atoms with E-state index in [9.17, 15) is 4.79 Å². The molecule has 1 aromatic heterocycles. The van der Waals surface area contributed by atoms with Crippen molar-refractivity contribution in [3.8, 4) is 0 Å². The van der Waals surface area contributed by atoms with Crippen LogP contribution in [0.4, 0.5) is 5.82 Å². The third-order valence-electron chi connectivity index (χ3n) is 2.28. The summed E-state index contributed by atoms with van der Waals surface area (Å²) in [5.41, 5.74) is 2.53. The van der Waals surface area contributed by atoms with E-state index < -0.39 is 0 Å². The number of likely N-dealkylation sites (N-methyl/N-ethyl adjacent to an activating group) is 1. The van der Waals surface area contributed by atoms with Gasteiger partial charge < -0.3 is 15.4 Å². The monoisotopic (exact) mass is 225 g/mol. The van der Waals surface area contributed by atoms with Gasteiger partial charge in [0.25, 0.3) is 5.91 Å². The molecule has 1 unspecified atom stereocenters. The first-order valence-electron chi connectivity index (χ1n) is 4.78. The van der Waals surface area contributed by atoms with Crippen molar-refractivity contribution >= 4 is 11.7 Å². The number of hydrogen-bond acceptors (Lipinski definition) is 6. The lowest BCUT2D eigenvalue weighted by molar-refractivity contribution is 0.0675. The zero-order valence-electron chi connectivity index (χ0n) is 9.21. The number of amides is 1. The maximum absolute atomic E-state index is 11.8. The molecule has 0 saturated carbocycles. The summed E-state index contributed by atoms with van der Waals surface area (Å²) in [5.74, 6) is 5.21. The number of aromatic nitrogens is 2. The predicted molar refractivity (Wildman–Crippen MR) is 58.5 cm³/mol. The number of anilines is 1. The minimum Gasteiger partial charge on any atom is -0.394 e. The zero-order chi connectivity index (χ0) is 12.1. The van der Waals surface area contributed by atoms with E-state index >= 15 is 0 Å². The Morgan fingerprint density at radius 1 is 1.62 bits per heavy atom. The van der Waals surface area contributed by atoms with Crippen molar-refractivity contribution < 1.29 is 9.90 Å². The van der Waals surface area contributed by atoms with Crippen LogP contribution in [-0.2, 0) is 0 Å². The number of aliphatic hydroxyl groups is 1. The fourth-order valence-electron chi connectivity index (χ4n) is 1.03. The molecule has 1 heterocycles. The average Bonchev–Trinajstić information content (AvgIpc) is 2.36. The van der Waals surface area contributed by atoms with Gasteiger partial charge in [-0.2, -0.15) is 0 Å². The molecule has 4 N–H and O–H groups in total. The highest BCUT2D eigenvalue weighted by Crippen LogP contribution is 2.05. The van der Waals surface area contributed by atoms with Crippen molar-refractivity contribution in [2.75, 3.05) is 19.1 Å². The number of nitrogen functional groups attached to an aromatic ring is 1. The Kier molecular flexibility index (Phi) is 4.15. The highest BCUT2D eigenvalue weighted by Gasteiger charge is 2.18. The van der Waals surface area contributed by atoms with Gasteiger partial charge >= 0.3 is 0 Å². The van der Waals surface area contributed by atoms with Gasteiger partial charge in [0.05, 0.1) is 12.6 Å². The Morgan fingerprint density at radius 3 is 2.75 bits per heavy atom. The molecule has 1 aromatic rings. The molecule has 7 nitrogen and oxygen atoms in total. The normalized spacial score (nSPS) is 12.0. The average molecular weight is 225 g/mol. The summed E-state index contributed by atoms with van der Waals surface area (Å²) in [6, 6.07) is 2.81. The van der Waals surface area contributed by atoms with Crippen LogP contribution >= 0.6 is 0 Å². The Hall–Kier alpha value is -1.73. The largest absolute Gasteiger partial charge is 0.394 e. The summed E-state index contributed by atoms with van der Waals surface area (Å²) >= 11 is 0. The standard InChI is InChI=1S/C9H15N5O2/c1-6(5-15)14(2)9(16)7-3-4-8(11-10)13-12-7/h3-4,6,15H,5,10H2,1-2H3,(H,11,13). The molecule has 1 atom stereocenters. The molecule has 0 spiro atoms. The topological polar surface area (TPSA) is 104 Å². The molecular formula is C9H15N5O2. The fourth-order valence-corrected chi connectivity index (χ4v) is 1.03. The van der Waals surface area contributed by atoms with E-state index in [1.54, 1.807) is 20.0 Å². The van der Waals surface area contributed by atoms with E-state index in [-0.39, 0.29) is 24.2 Å². The van der Waals surface area contributed by atoms with Gasteiger partial charge in [0, 0.05) is 7.05 Å². The number of hydrogen-bond donors (Lipinski definition) is 3. The van der Waals surface area contributed by atoms with Gasteiger partial charge in [-0.25, -0.2) is 5.84 Å². The van der Waals surface area contributed by atoms with Gasteiger partial charge in [0.15, 0.2) is 11.5 Å².